The Hall–Kier alpha value is -3.69. The number of rotatable bonds is 6. The van der Waals surface area contributed by atoms with E-state index in [2.05, 4.69) is 25.6 Å². The second-order valence-corrected chi connectivity index (χ2v) is 8.49. The summed E-state index contributed by atoms with van der Waals surface area (Å²) in [5.74, 6) is -0.167. The van der Waals surface area contributed by atoms with Crippen LogP contribution < -0.4 is 5.32 Å². The molecule has 1 N–H and O–H groups in total. The molecule has 0 spiro atoms. The van der Waals surface area contributed by atoms with Gasteiger partial charge in [-0.3, -0.25) is 14.2 Å². The van der Waals surface area contributed by atoms with Gasteiger partial charge in [0.15, 0.2) is 11.5 Å². The maximum atomic E-state index is 13.1. The molecule has 5 aromatic rings. The predicted octanol–water partition coefficient (Wildman–Crippen LogP) is 4.73. The second kappa shape index (κ2) is 8.92. The van der Waals surface area contributed by atoms with E-state index >= 15 is 0 Å². The van der Waals surface area contributed by atoms with Crippen molar-refractivity contribution in [2.75, 3.05) is 5.32 Å². The number of anilines is 1. The Morgan fingerprint density at radius 3 is 2.65 bits per heavy atom. The molecule has 0 saturated heterocycles. The zero-order chi connectivity index (χ0) is 23.8. The molecule has 0 aliphatic heterocycles. The van der Waals surface area contributed by atoms with E-state index in [4.69, 9.17) is 23.2 Å². The van der Waals surface area contributed by atoms with Gasteiger partial charge in [-0.05, 0) is 31.5 Å². The van der Waals surface area contributed by atoms with Gasteiger partial charge in [-0.1, -0.05) is 41.4 Å². The minimum atomic E-state index is -0.412. The van der Waals surface area contributed by atoms with Crippen LogP contribution in [0.3, 0.4) is 0 Å². The van der Waals surface area contributed by atoms with Crippen LogP contribution in [-0.2, 0) is 13.1 Å². The Labute approximate surface area is 204 Å². The molecular weight excluding hydrogens is 475 g/mol. The van der Waals surface area contributed by atoms with Gasteiger partial charge >= 0.3 is 0 Å². The third-order valence-electron chi connectivity index (χ3n) is 5.43. The van der Waals surface area contributed by atoms with E-state index in [1.54, 1.807) is 21.6 Å². The van der Waals surface area contributed by atoms with Gasteiger partial charge < -0.3 is 5.32 Å². The molecule has 0 unspecified atom stereocenters. The molecule has 4 aromatic heterocycles. The summed E-state index contributed by atoms with van der Waals surface area (Å²) in [6.07, 6.45) is 6.73. The fourth-order valence-corrected chi connectivity index (χ4v) is 4.12. The minimum absolute atomic E-state index is 0.245. The van der Waals surface area contributed by atoms with Crippen molar-refractivity contribution < 1.29 is 4.79 Å². The van der Waals surface area contributed by atoms with Gasteiger partial charge in [0.25, 0.3) is 5.91 Å². The van der Waals surface area contributed by atoms with Crippen molar-refractivity contribution in [1.29, 1.82) is 0 Å². The Kier molecular flexibility index (Phi) is 5.80. The molecule has 0 atom stereocenters. The number of benzene rings is 1. The van der Waals surface area contributed by atoms with Gasteiger partial charge in [-0.25, -0.2) is 9.50 Å². The zero-order valence-corrected chi connectivity index (χ0v) is 19.9. The van der Waals surface area contributed by atoms with E-state index in [1.807, 2.05) is 55.1 Å². The summed E-state index contributed by atoms with van der Waals surface area (Å²) in [6, 6.07) is 9.33. The number of fused-ring (bicyclic) bond motifs is 1. The smallest absolute Gasteiger partial charge is 0.262 e. The van der Waals surface area contributed by atoms with Crippen LogP contribution >= 0.6 is 23.2 Å². The lowest BCUT2D eigenvalue weighted by Crippen LogP contribution is -2.13. The third kappa shape index (κ3) is 4.04. The highest BCUT2D eigenvalue weighted by atomic mass is 35.5. The first-order chi connectivity index (χ1) is 16.4. The van der Waals surface area contributed by atoms with Gasteiger partial charge in [0.1, 0.15) is 10.6 Å². The molecule has 4 heterocycles. The van der Waals surface area contributed by atoms with Crippen LogP contribution in [0.15, 0.2) is 55.1 Å². The summed E-state index contributed by atoms with van der Waals surface area (Å²) in [5, 5.41) is 17.0. The Balaban J connectivity index is 1.42. The van der Waals surface area contributed by atoms with Crippen molar-refractivity contribution in [2.45, 2.75) is 26.9 Å². The average Bonchev–Trinajstić information content (AvgIpc) is 3.52. The van der Waals surface area contributed by atoms with Gasteiger partial charge in [0.2, 0.25) is 0 Å². The summed E-state index contributed by atoms with van der Waals surface area (Å²) in [5.41, 5.74) is 4.20. The predicted molar refractivity (Wildman–Crippen MR) is 130 cm³/mol. The van der Waals surface area contributed by atoms with Gasteiger partial charge in [0.05, 0.1) is 24.1 Å². The van der Waals surface area contributed by atoms with Crippen molar-refractivity contribution in [3.05, 3.63) is 82.0 Å². The molecule has 0 aliphatic rings. The highest BCUT2D eigenvalue weighted by molar-refractivity contribution is 6.33. The number of halogens is 2. The molecule has 0 saturated carbocycles. The molecule has 34 heavy (non-hydrogen) atoms. The number of hydrogen-bond acceptors (Lipinski definition) is 5. The van der Waals surface area contributed by atoms with Crippen molar-refractivity contribution >= 4 is 40.6 Å². The topological polar surface area (TPSA) is 94.9 Å². The molecule has 5 rings (SSSR count). The van der Waals surface area contributed by atoms with Crippen LogP contribution in [0.5, 0.6) is 0 Å². The van der Waals surface area contributed by atoms with Crippen LogP contribution in [0.1, 0.15) is 28.5 Å². The maximum Gasteiger partial charge on any atom is 0.262 e. The molecular formula is C23H20Cl2N8O. The van der Waals surface area contributed by atoms with Crippen LogP contribution in [0.25, 0.3) is 16.9 Å². The first-order valence-electron chi connectivity index (χ1n) is 10.6. The van der Waals surface area contributed by atoms with E-state index in [0.717, 1.165) is 29.1 Å². The normalized spacial score (nSPS) is 11.3. The highest BCUT2D eigenvalue weighted by Gasteiger charge is 2.20. The Morgan fingerprint density at radius 2 is 1.88 bits per heavy atom. The van der Waals surface area contributed by atoms with E-state index < -0.39 is 5.91 Å². The number of carbonyl (C=O) groups excluding carboxylic acids is 1. The molecule has 1 amide bonds. The third-order valence-corrected chi connectivity index (χ3v) is 6.08. The van der Waals surface area contributed by atoms with E-state index in [0.29, 0.717) is 27.8 Å². The Morgan fingerprint density at radius 1 is 1.06 bits per heavy atom. The minimum Gasteiger partial charge on any atom is -0.304 e. The zero-order valence-electron chi connectivity index (χ0n) is 18.4. The molecule has 172 valence electrons. The van der Waals surface area contributed by atoms with Gasteiger partial charge in [0, 0.05) is 35.7 Å². The fraction of sp³-hybridized carbons (Fsp3) is 0.174. The average molecular weight is 495 g/mol. The number of aryl methyl sites for hydroxylation is 2. The lowest BCUT2D eigenvalue weighted by atomic mass is 10.2. The molecule has 9 nitrogen and oxygen atoms in total. The quantitative estimate of drug-likeness (QED) is 0.368. The lowest BCUT2D eigenvalue weighted by Gasteiger charge is -2.05. The summed E-state index contributed by atoms with van der Waals surface area (Å²) in [7, 11) is 0. The van der Waals surface area contributed by atoms with Gasteiger partial charge in [-0.15, -0.1) is 0 Å². The second-order valence-electron chi connectivity index (χ2n) is 7.68. The maximum absolute atomic E-state index is 13.1. The number of nitrogens with one attached hydrogen (secondary N) is 1. The van der Waals surface area contributed by atoms with Crippen molar-refractivity contribution in [3.8, 4) is 11.3 Å². The molecule has 0 radical (unpaired) electrons. The summed E-state index contributed by atoms with van der Waals surface area (Å²) in [6.45, 7) is 5.13. The van der Waals surface area contributed by atoms with Crippen LogP contribution in [0.4, 0.5) is 5.82 Å². The van der Waals surface area contributed by atoms with E-state index in [9.17, 15) is 4.79 Å². The van der Waals surface area contributed by atoms with Gasteiger partial charge in [-0.2, -0.15) is 15.3 Å². The van der Waals surface area contributed by atoms with E-state index in [1.165, 1.54) is 6.20 Å². The number of carbonyl (C=O) groups is 1. The first kappa shape index (κ1) is 22.1. The molecule has 0 bridgehead atoms. The molecule has 11 heteroatoms. The SMILES string of the molecule is CCn1cc(-c2ccnc3c(C(=O)Nc4nn(Cc5ccccc5Cl)cc4Cl)cnn23)c(C)n1. The number of aromatic nitrogens is 7. The monoisotopic (exact) mass is 494 g/mol. The standard InChI is InChI=1S/C23H20Cl2N8O/c1-3-31-12-17(14(2)29-31)20-8-9-26-22-16(10-27-33(20)22)23(34)28-21-19(25)13-32(30-21)11-15-6-4-5-7-18(15)24/h4-10,12-13H,3,11H2,1-2H3,(H,28,30,34). The highest BCUT2D eigenvalue weighted by Crippen LogP contribution is 2.26. The number of nitrogens with zero attached hydrogens (tertiary/aromatic N) is 7. The largest absolute Gasteiger partial charge is 0.304 e. The fourth-order valence-electron chi connectivity index (χ4n) is 3.73. The van der Waals surface area contributed by atoms with Crippen molar-refractivity contribution in [2.24, 2.45) is 0 Å². The summed E-state index contributed by atoms with van der Waals surface area (Å²) in [4.78, 5) is 17.5. The lowest BCUT2D eigenvalue weighted by molar-refractivity contribution is 0.102. The molecule has 0 aliphatic carbocycles. The molecule has 0 fully saturated rings. The number of hydrogen-bond donors (Lipinski definition) is 1. The van der Waals surface area contributed by atoms with Crippen molar-refractivity contribution in [1.82, 2.24) is 34.2 Å². The Bertz CT molecular complexity index is 1520. The molecule has 1 aromatic carbocycles. The summed E-state index contributed by atoms with van der Waals surface area (Å²) < 4.78 is 5.12. The van der Waals surface area contributed by atoms with Crippen LogP contribution in [0, 0.1) is 6.92 Å². The summed E-state index contributed by atoms with van der Waals surface area (Å²) >= 11 is 12.6. The number of amides is 1. The van der Waals surface area contributed by atoms with Crippen LogP contribution in [0.2, 0.25) is 10.0 Å². The van der Waals surface area contributed by atoms with E-state index in [-0.39, 0.29) is 5.82 Å². The first-order valence-corrected chi connectivity index (χ1v) is 11.3. The van der Waals surface area contributed by atoms with Crippen LogP contribution in [-0.4, -0.2) is 40.1 Å². The van der Waals surface area contributed by atoms with Crippen molar-refractivity contribution in [3.63, 3.8) is 0 Å².